The van der Waals surface area contributed by atoms with Crippen LogP contribution in [0.1, 0.15) is 26.6 Å². The number of halogens is 1. The summed E-state index contributed by atoms with van der Waals surface area (Å²) >= 11 is 5.85. The number of carbonyl (C=O) groups excluding carboxylic acids is 2. The Kier molecular flexibility index (Phi) is 3.39. The zero-order chi connectivity index (χ0) is 16.7. The summed E-state index contributed by atoms with van der Waals surface area (Å²) < 4.78 is 5.17. The fourth-order valence-electron chi connectivity index (χ4n) is 2.55. The summed E-state index contributed by atoms with van der Waals surface area (Å²) in [7, 11) is 0. The molecule has 3 aromatic rings. The minimum absolute atomic E-state index is 0.0626. The zero-order valence-corrected chi connectivity index (χ0v) is 13.0. The first-order valence-corrected chi connectivity index (χ1v) is 7.55. The molecule has 24 heavy (non-hydrogen) atoms. The molecule has 1 aliphatic heterocycles. The SMILES string of the molecule is O=C1c2ccccc2C(=O)N1Cc1nc(-c2ccc(Cl)cc2)no1. The predicted octanol–water partition coefficient (Wildman–Crippen LogP) is 3.19. The highest BCUT2D eigenvalue weighted by atomic mass is 35.5. The molecule has 0 bridgehead atoms. The van der Waals surface area contributed by atoms with Crippen molar-refractivity contribution >= 4 is 23.4 Å². The summed E-state index contributed by atoms with van der Waals surface area (Å²) in [6.45, 7) is -0.0626. The van der Waals surface area contributed by atoms with Gasteiger partial charge in [0, 0.05) is 10.6 Å². The maximum absolute atomic E-state index is 12.3. The van der Waals surface area contributed by atoms with E-state index in [0.717, 1.165) is 10.5 Å². The van der Waals surface area contributed by atoms with E-state index in [1.165, 1.54) is 0 Å². The Morgan fingerprint density at radius 1 is 0.958 bits per heavy atom. The molecule has 0 spiro atoms. The predicted molar refractivity (Wildman–Crippen MR) is 85.4 cm³/mol. The van der Waals surface area contributed by atoms with Gasteiger partial charge < -0.3 is 4.52 Å². The standard InChI is InChI=1S/C17H10ClN3O3/c18-11-7-5-10(6-8-11)15-19-14(24-20-15)9-21-16(22)12-3-1-2-4-13(12)17(21)23/h1-8H,9H2. The first kappa shape index (κ1) is 14.6. The van der Waals surface area contributed by atoms with Crippen LogP contribution in [-0.2, 0) is 6.54 Å². The van der Waals surface area contributed by atoms with Crippen molar-refractivity contribution in [1.29, 1.82) is 0 Å². The third-order valence-corrected chi connectivity index (χ3v) is 3.99. The summed E-state index contributed by atoms with van der Waals surface area (Å²) in [5.74, 6) is -0.156. The number of fused-ring (bicyclic) bond motifs is 1. The molecule has 2 amide bonds. The molecule has 2 aromatic carbocycles. The van der Waals surface area contributed by atoms with Gasteiger partial charge in [0.25, 0.3) is 11.8 Å². The van der Waals surface area contributed by atoms with Gasteiger partial charge >= 0.3 is 0 Å². The van der Waals surface area contributed by atoms with E-state index < -0.39 is 0 Å². The Morgan fingerprint density at radius 2 is 1.58 bits per heavy atom. The van der Waals surface area contributed by atoms with Crippen LogP contribution in [0, 0.1) is 0 Å². The fraction of sp³-hybridized carbons (Fsp3) is 0.0588. The lowest BCUT2D eigenvalue weighted by Gasteiger charge is -2.09. The molecule has 0 atom stereocenters. The van der Waals surface area contributed by atoms with E-state index in [1.54, 1.807) is 48.5 Å². The fourth-order valence-corrected chi connectivity index (χ4v) is 2.68. The lowest BCUT2D eigenvalue weighted by atomic mass is 10.1. The number of rotatable bonds is 3. The molecule has 0 saturated carbocycles. The number of imide groups is 1. The molecule has 6 nitrogen and oxygen atoms in total. The van der Waals surface area contributed by atoms with Crippen LogP contribution >= 0.6 is 11.6 Å². The van der Waals surface area contributed by atoms with E-state index in [-0.39, 0.29) is 24.2 Å². The van der Waals surface area contributed by atoms with Gasteiger partial charge in [-0.1, -0.05) is 28.9 Å². The third-order valence-electron chi connectivity index (χ3n) is 3.74. The van der Waals surface area contributed by atoms with Gasteiger partial charge in [0.05, 0.1) is 11.1 Å². The lowest BCUT2D eigenvalue weighted by molar-refractivity contribution is 0.0625. The van der Waals surface area contributed by atoms with Crippen LogP contribution in [0.2, 0.25) is 5.02 Å². The molecule has 1 aromatic heterocycles. The van der Waals surface area contributed by atoms with Gasteiger partial charge in [-0.05, 0) is 36.4 Å². The molecule has 118 valence electrons. The van der Waals surface area contributed by atoms with Crippen LogP contribution in [-0.4, -0.2) is 26.9 Å². The van der Waals surface area contributed by atoms with Gasteiger partial charge in [0.15, 0.2) is 0 Å². The van der Waals surface area contributed by atoms with E-state index >= 15 is 0 Å². The Hall–Kier alpha value is -2.99. The van der Waals surface area contributed by atoms with Crippen molar-refractivity contribution in [3.8, 4) is 11.4 Å². The number of amides is 2. The van der Waals surface area contributed by atoms with Crippen LogP contribution in [0.3, 0.4) is 0 Å². The van der Waals surface area contributed by atoms with Gasteiger partial charge in [-0.15, -0.1) is 0 Å². The first-order valence-electron chi connectivity index (χ1n) is 7.17. The molecule has 4 rings (SSSR count). The molecule has 7 heteroatoms. The molecule has 0 radical (unpaired) electrons. The molecular weight excluding hydrogens is 330 g/mol. The summed E-state index contributed by atoms with van der Waals surface area (Å²) in [6.07, 6.45) is 0. The highest BCUT2D eigenvalue weighted by Gasteiger charge is 2.36. The Labute approximate surface area is 141 Å². The molecule has 0 N–H and O–H groups in total. The van der Waals surface area contributed by atoms with Crippen molar-refractivity contribution in [2.75, 3.05) is 0 Å². The van der Waals surface area contributed by atoms with Gasteiger partial charge in [0.2, 0.25) is 11.7 Å². The Bertz CT molecular complexity index is 915. The molecular formula is C17H10ClN3O3. The number of nitrogens with zero attached hydrogens (tertiary/aromatic N) is 3. The van der Waals surface area contributed by atoms with Crippen LogP contribution < -0.4 is 0 Å². The summed E-state index contributed by atoms with van der Waals surface area (Å²) in [6, 6.07) is 13.7. The van der Waals surface area contributed by atoms with Gasteiger partial charge in [-0.3, -0.25) is 14.5 Å². The van der Waals surface area contributed by atoms with Crippen molar-refractivity contribution < 1.29 is 14.1 Å². The molecule has 0 aliphatic carbocycles. The quantitative estimate of drug-likeness (QED) is 0.685. The van der Waals surface area contributed by atoms with Crippen molar-refractivity contribution in [1.82, 2.24) is 15.0 Å². The average Bonchev–Trinajstić information content (AvgIpc) is 3.16. The van der Waals surface area contributed by atoms with Crippen molar-refractivity contribution in [2.24, 2.45) is 0 Å². The zero-order valence-electron chi connectivity index (χ0n) is 12.3. The maximum Gasteiger partial charge on any atom is 0.262 e. The van der Waals surface area contributed by atoms with Gasteiger partial charge in [-0.2, -0.15) is 4.98 Å². The Balaban J connectivity index is 1.58. The summed E-state index contributed by atoms with van der Waals surface area (Å²) in [5, 5.41) is 4.48. The minimum atomic E-state index is -0.359. The largest absolute Gasteiger partial charge is 0.337 e. The number of benzene rings is 2. The highest BCUT2D eigenvalue weighted by Crippen LogP contribution is 2.25. The molecule has 0 unspecified atom stereocenters. The van der Waals surface area contributed by atoms with Crippen LogP contribution in [0.4, 0.5) is 0 Å². The number of carbonyl (C=O) groups is 2. The highest BCUT2D eigenvalue weighted by molar-refractivity contribution is 6.30. The van der Waals surface area contributed by atoms with Gasteiger partial charge in [0.1, 0.15) is 6.54 Å². The van der Waals surface area contributed by atoms with Gasteiger partial charge in [-0.25, -0.2) is 0 Å². The number of hydrogen-bond acceptors (Lipinski definition) is 5. The van der Waals surface area contributed by atoms with Crippen molar-refractivity contribution in [2.45, 2.75) is 6.54 Å². The summed E-state index contributed by atoms with van der Waals surface area (Å²) in [5.41, 5.74) is 1.51. The van der Waals surface area contributed by atoms with E-state index in [0.29, 0.717) is 22.0 Å². The van der Waals surface area contributed by atoms with Crippen molar-refractivity contribution in [3.05, 3.63) is 70.6 Å². The first-order chi connectivity index (χ1) is 11.6. The minimum Gasteiger partial charge on any atom is -0.337 e. The monoisotopic (exact) mass is 339 g/mol. The third kappa shape index (κ3) is 2.37. The maximum atomic E-state index is 12.3. The second-order valence-corrected chi connectivity index (χ2v) is 5.70. The molecule has 0 fully saturated rings. The van der Waals surface area contributed by atoms with Crippen molar-refractivity contribution in [3.63, 3.8) is 0 Å². The average molecular weight is 340 g/mol. The topological polar surface area (TPSA) is 76.3 Å². The van der Waals surface area contributed by atoms with E-state index in [4.69, 9.17) is 16.1 Å². The lowest BCUT2D eigenvalue weighted by Crippen LogP contribution is -2.29. The molecule has 0 saturated heterocycles. The smallest absolute Gasteiger partial charge is 0.262 e. The Morgan fingerprint density at radius 3 is 2.21 bits per heavy atom. The van der Waals surface area contributed by atoms with Crippen LogP contribution in [0.25, 0.3) is 11.4 Å². The van der Waals surface area contributed by atoms with Crippen LogP contribution in [0.15, 0.2) is 53.1 Å². The second kappa shape index (κ2) is 5.58. The van der Waals surface area contributed by atoms with E-state index in [1.807, 2.05) is 0 Å². The number of aromatic nitrogens is 2. The second-order valence-electron chi connectivity index (χ2n) is 5.26. The molecule has 2 heterocycles. The van der Waals surface area contributed by atoms with E-state index in [9.17, 15) is 9.59 Å². The summed E-state index contributed by atoms with van der Waals surface area (Å²) in [4.78, 5) is 30.0. The number of hydrogen-bond donors (Lipinski definition) is 0. The molecule has 1 aliphatic rings. The normalized spacial score (nSPS) is 13.5. The van der Waals surface area contributed by atoms with E-state index in [2.05, 4.69) is 10.1 Å². The van der Waals surface area contributed by atoms with Crippen LogP contribution in [0.5, 0.6) is 0 Å².